The molecule has 110 valence electrons. The second kappa shape index (κ2) is 7.43. The van der Waals surface area contributed by atoms with Gasteiger partial charge in [-0.25, -0.2) is 0 Å². The van der Waals surface area contributed by atoms with E-state index >= 15 is 0 Å². The molecule has 1 amide bonds. The van der Waals surface area contributed by atoms with Crippen LogP contribution in [0.1, 0.15) is 29.3 Å². The normalized spacial score (nSPS) is 10.2. The molecule has 0 spiro atoms. The van der Waals surface area contributed by atoms with Gasteiger partial charge in [-0.2, -0.15) is 0 Å². The van der Waals surface area contributed by atoms with Gasteiger partial charge in [0.1, 0.15) is 0 Å². The summed E-state index contributed by atoms with van der Waals surface area (Å²) in [6.07, 6.45) is 4.54. The monoisotopic (exact) mass is 283 g/mol. The predicted octanol–water partition coefficient (Wildman–Crippen LogP) is 3.18. The van der Waals surface area contributed by atoms with Crippen molar-refractivity contribution in [1.82, 2.24) is 9.88 Å². The van der Waals surface area contributed by atoms with Crippen LogP contribution in [0.15, 0.2) is 48.8 Å². The number of hydrogen-bond acceptors (Lipinski definition) is 3. The standard InChI is InChI=1S/C17H21N3O/c1-3-10-19-16-9-5-4-8-15(16)17(21)20(2)13-14-7-6-11-18-12-14/h4-9,11-12,19H,3,10,13H2,1-2H3. The molecule has 1 N–H and O–H groups in total. The fourth-order valence-corrected chi connectivity index (χ4v) is 2.13. The number of benzene rings is 1. The van der Waals surface area contributed by atoms with Gasteiger partial charge in [0.2, 0.25) is 0 Å². The molecule has 2 rings (SSSR count). The summed E-state index contributed by atoms with van der Waals surface area (Å²) in [7, 11) is 1.81. The summed E-state index contributed by atoms with van der Waals surface area (Å²) in [4.78, 5) is 18.4. The molecule has 0 aliphatic heterocycles. The Morgan fingerprint density at radius 1 is 1.24 bits per heavy atom. The quantitative estimate of drug-likeness (QED) is 0.885. The Bertz CT molecular complexity index is 584. The molecule has 0 radical (unpaired) electrons. The Morgan fingerprint density at radius 2 is 2.05 bits per heavy atom. The summed E-state index contributed by atoms with van der Waals surface area (Å²) >= 11 is 0. The van der Waals surface area contributed by atoms with Gasteiger partial charge < -0.3 is 10.2 Å². The number of carbonyl (C=O) groups is 1. The van der Waals surface area contributed by atoms with E-state index in [2.05, 4.69) is 17.2 Å². The lowest BCUT2D eigenvalue weighted by Crippen LogP contribution is -2.27. The van der Waals surface area contributed by atoms with Crippen molar-refractivity contribution in [2.75, 3.05) is 18.9 Å². The van der Waals surface area contributed by atoms with Crippen LogP contribution >= 0.6 is 0 Å². The zero-order valence-electron chi connectivity index (χ0n) is 12.5. The van der Waals surface area contributed by atoms with Crippen molar-refractivity contribution in [2.24, 2.45) is 0 Å². The molecule has 4 nitrogen and oxygen atoms in total. The molecule has 21 heavy (non-hydrogen) atoms. The van der Waals surface area contributed by atoms with Crippen LogP contribution in [-0.2, 0) is 6.54 Å². The summed E-state index contributed by atoms with van der Waals surface area (Å²) < 4.78 is 0. The minimum atomic E-state index is 0.0121. The van der Waals surface area contributed by atoms with Crippen LogP contribution in [0.3, 0.4) is 0 Å². The van der Waals surface area contributed by atoms with Crippen LogP contribution in [-0.4, -0.2) is 29.4 Å². The largest absolute Gasteiger partial charge is 0.384 e. The average Bonchev–Trinajstić information content (AvgIpc) is 2.53. The molecule has 0 fully saturated rings. The minimum absolute atomic E-state index is 0.0121. The van der Waals surface area contributed by atoms with Gasteiger partial charge >= 0.3 is 0 Å². The van der Waals surface area contributed by atoms with Crippen LogP contribution in [0, 0.1) is 0 Å². The Kier molecular flexibility index (Phi) is 5.32. The fraction of sp³-hybridized carbons (Fsp3) is 0.294. The number of hydrogen-bond donors (Lipinski definition) is 1. The first-order valence-corrected chi connectivity index (χ1v) is 7.19. The molecule has 4 heteroatoms. The number of para-hydroxylation sites is 1. The maximum atomic E-state index is 12.6. The third-order valence-corrected chi connectivity index (χ3v) is 3.21. The number of rotatable bonds is 6. The van der Waals surface area contributed by atoms with E-state index in [0.717, 1.165) is 24.2 Å². The Labute approximate surface area is 125 Å². The van der Waals surface area contributed by atoms with Crippen molar-refractivity contribution in [3.8, 4) is 0 Å². The van der Waals surface area contributed by atoms with Gasteiger partial charge in [-0.3, -0.25) is 9.78 Å². The second-order valence-corrected chi connectivity index (χ2v) is 4.99. The molecular formula is C17H21N3O. The van der Waals surface area contributed by atoms with Crippen molar-refractivity contribution in [1.29, 1.82) is 0 Å². The van der Waals surface area contributed by atoms with Crippen molar-refractivity contribution < 1.29 is 4.79 Å². The van der Waals surface area contributed by atoms with Gasteiger partial charge in [-0.15, -0.1) is 0 Å². The highest BCUT2D eigenvalue weighted by Gasteiger charge is 2.15. The van der Waals surface area contributed by atoms with Gasteiger partial charge in [-0.05, 0) is 30.2 Å². The number of aromatic nitrogens is 1. The Hall–Kier alpha value is -2.36. The number of nitrogens with zero attached hydrogens (tertiary/aromatic N) is 2. The van der Waals surface area contributed by atoms with Crippen LogP contribution in [0.5, 0.6) is 0 Å². The lowest BCUT2D eigenvalue weighted by Gasteiger charge is -2.19. The highest BCUT2D eigenvalue weighted by atomic mass is 16.2. The average molecular weight is 283 g/mol. The molecule has 0 atom stereocenters. The van der Waals surface area contributed by atoms with Crippen molar-refractivity contribution in [3.05, 3.63) is 59.9 Å². The molecule has 0 unspecified atom stereocenters. The van der Waals surface area contributed by atoms with E-state index in [1.165, 1.54) is 0 Å². The van der Waals surface area contributed by atoms with E-state index in [0.29, 0.717) is 12.1 Å². The molecule has 0 bridgehead atoms. The third-order valence-electron chi connectivity index (χ3n) is 3.21. The van der Waals surface area contributed by atoms with Crippen molar-refractivity contribution >= 4 is 11.6 Å². The first-order chi connectivity index (χ1) is 10.2. The second-order valence-electron chi connectivity index (χ2n) is 4.99. The van der Waals surface area contributed by atoms with E-state index in [-0.39, 0.29) is 5.91 Å². The van der Waals surface area contributed by atoms with E-state index in [1.54, 1.807) is 17.3 Å². The molecule has 0 saturated carbocycles. The third kappa shape index (κ3) is 4.05. The maximum absolute atomic E-state index is 12.6. The molecule has 1 aromatic carbocycles. The summed E-state index contributed by atoms with van der Waals surface area (Å²) in [5.74, 6) is 0.0121. The van der Waals surface area contributed by atoms with Gasteiger partial charge in [-0.1, -0.05) is 25.1 Å². The van der Waals surface area contributed by atoms with Gasteiger partial charge in [0.15, 0.2) is 0 Å². The SMILES string of the molecule is CCCNc1ccccc1C(=O)N(C)Cc1cccnc1. The molecule has 1 aromatic heterocycles. The fourth-order valence-electron chi connectivity index (χ4n) is 2.13. The van der Waals surface area contributed by atoms with Crippen molar-refractivity contribution in [2.45, 2.75) is 19.9 Å². The molecule has 2 aromatic rings. The number of amides is 1. The number of anilines is 1. The smallest absolute Gasteiger partial charge is 0.255 e. The lowest BCUT2D eigenvalue weighted by molar-refractivity contribution is 0.0786. The van der Waals surface area contributed by atoms with E-state index < -0.39 is 0 Å². The Morgan fingerprint density at radius 3 is 2.76 bits per heavy atom. The molecule has 0 saturated heterocycles. The van der Waals surface area contributed by atoms with Crippen LogP contribution < -0.4 is 5.32 Å². The lowest BCUT2D eigenvalue weighted by atomic mass is 10.1. The summed E-state index contributed by atoms with van der Waals surface area (Å²) in [6, 6.07) is 11.5. The number of carbonyl (C=O) groups excluding carboxylic acids is 1. The van der Waals surface area contributed by atoms with Crippen molar-refractivity contribution in [3.63, 3.8) is 0 Å². The summed E-state index contributed by atoms with van der Waals surface area (Å²) in [5, 5.41) is 3.30. The van der Waals surface area contributed by atoms with Gasteiger partial charge in [0.05, 0.1) is 5.56 Å². The molecule has 0 aliphatic rings. The predicted molar refractivity (Wildman–Crippen MR) is 85.3 cm³/mol. The van der Waals surface area contributed by atoms with Gasteiger partial charge in [0, 0.05) is 38.2 Å². The van der Waals surface area contributed by atoms with Gasteiger partial charge in [0.25, 0.3) is 5.91 Å². The van der Waals surface area contributed by atoms with Crippen LogP contribution in [0.25, 0.3) is 0 Å². The summed E-state index contributed by atoms with van der Waals surface area (Å²) in [6.45, 7) is 3.51. The van der Waals surface area contributed by atoms with E-state index in [9.17, 15) is 4.79 Å². The molecule has 1 heterocycles. The zero-order chi connectivity index (χ0) is 15.1. The topological polar surface area (TPSA) is 45.2 Å². The maximum Gasteiger partial charge on any atom is 0.255 e. The van der Waals surface area contributed by atoms with E-state index in [4.69, 9.17) is 0 Å². The molecular weight excluding hydrogens is 262 g/mol. The minimum Gasteiger partial charge on any atom is -0.384 e. The van der Waals surface area contributed by atoms with Crippen LogP contribution in [0.4, 0.5) is 5.69 Å². The number of pyridine rings is 1. The first-order valence-electron chi connectivity index (χ1n) is 7.19. The Balaban J connectivity index is 2.12. The first kappa shape index (κ1) is 15.0. The zero-order valence-corrected chi connectivity index (χ0v) is 12.5. The molecule has 0 aliphatic carbocycles. The van der Waals surface area contributed by atoms with E-state index in [1.807, 2.05) is 43.4 Å². The highest BCUT2D eigenvalue weighted by molar-refractivity contribution is 5.99. The van der Waals surface area contributed by atoms with Crippen LogP contribution in [0.2, 0.25) is 0 Å². The highest BCUT2D eigenvalue weighted by Crippen LogP contribution is 2.17. The number of nitrogens with one attached hydrogen (secondary N) is 1. The summed E-state index contributed by atoms with van der Waals surface area (Å²) in [5.41, 5.74) is 2.62.